The van der Waals surface area contributed by atoms with Crippen molar-refractivity contribution in [1.29, 1.82) is 0 Å². The van der Waals surface area contributed by atoms with E-state index in [-0.39, 0.29) is 5.54 Å². The quantitative estimate of drug-likeness (QED) is 0.865. The number of nitrogens with two attached hydrogens (primary N) is 1. The van der Waals surface area contributed by atoms with Crippen LogP contribution in [0.5, 0.6) is 0 Å². The number of likely N-dealkylation sites (tertiary alicyclic amines) is 1. The molecule has 100 valence electrons. The molecule has 0 radical (unpaired) electrons. The van der Waals surface area contributed by atoms with Gasteiger partial charge in [-0.25, -0.2) is 0 Å². The van der Waals surface area contributed by atoms with Gasteiger partial charge in [-0.2, -0.15) is 0 Å². The first kappa shape index (κ1) is 13.6. The van der Waals surface area contributed by atoms with Gasteiger partial charge in [0.15, 0.2) is 0 Å². The van der Waals surface area contributed by atoms with E-state index < -0.39 is 0 Å². The summed E-state index contributed by atoms with van der Waals surface area (Å²) in [5, 5.41) is 0. The molecule has 1 aromatic carbocycles. The molecule has 2 rings (SSSR count). The van der Waals surface area contributed by atoms with Crippen molar-refractivity contribution in [2.24, 2.45) is 5.73 Å². The van der Waals surface area contributed by atoms with Gasteiger partial charge < -0.3 is 5.73 Å². The summed E-state index contributed by atoms with van der Waals surface area (Å²) < 4.78 is 0. The van der Waals surface area contributed by atoms with Gasteiger partial charge in [0.05, 0.1) is 0 Å². The van der Waals surface area contributed by atoms with Crippen molar-refractivity contribution < 1.29 is 0 Å². The largest absolute Gasteiger partial charge is 0.329 e. The highest BCUT2D eigenvalue weighted by Gasteiger charge is 2.35. The van der Waals surface area contributed by atoms with E-state index >= 15 is 0 Å². The van der Waals surface area contributed by atoms with Crippen LogP contribution < -0.4 is 5.73 Å². The standard InChI is InChI=1S/C16H26N2/c1-3-10-16(2,13-17)18-11-9-15(12-18)14-7-5-4-6-8-14/h4-8,15H,3,9-13,17H2,1-2H3. The van der Waals surface area contributed by atoms with Gasteiger partial charge in [0.2, 0.25) is 0 Å². The number of rotatable bonds is 5. The van der Waals surface area contributed by atoms with E-state index in [1.807, 2.05) is 0 Å². The Morgan fingerprint density at radius 3 is 2.67 bits per heavy atom. The van der Waals surface area contributed by atoms with Gasteiger partial charge in [0.25, 0.3) is 0 Å². The minimum Gasteiger partial charge on any atom is -0.329 e. The van der Waals surface area contributed by atoms with Gasteiger partial charge in [-0.1, -0.05) is 43.7 Å². The van der Waals surface area contributed by atoms with Crippen molar-refractivity contribution >= 4 is 0 Å². The van der Waals surface area contributed by atoms with Gasteiger partial charge >= 0.3 is 0 Å². The first-order valence-electron chi connectivity index (χ1n) is 7.19. The molecule has 1 aliphatic heterocycles. The fourth-order valence-corrected chi connectivity index (χ4v) is 3.18. The van der Waals surface area contributed by atoms with Crippen LogP contribution in [0, 0.1) is 0 Å². The van der Waals surface area contributed by atoms with Crippen LogP contribution in [0.3, 0.4) is 0 Å². The van der Waals surface area contributed by atoms with E-state index in [1.54, 1.807) is 0 Å². The van der Waals surface area contributed by atoms with Crippen molar-refractivity contribution in [3.05, 3.63) is 35.9 Å². The summed E-state index contributed by atoms with van der Waals surface area (Å²) in [4.78, 5) is 2.61. The van der Waals surface area contributed by atoms with Crippen molar-refractivity contribution in [2.45, 2.75) is 44.6 Å². The third-order valence-electron chi connectivity index (χ3n) is 4.45. The monoisotopic (exact) mass is 246 g/mol. The zero-order valence-corrected chi connectivity index (χ0v) is 11.7. The zero-order valence-electron chi connectivity index (χ0n) is 11.7. The van der Waals surface area contributed by atoms with Crippen molar-refractivity contribution in [1.82, 2.24) is 4.90 Å². The maximum Gasteiger partial charge on any atom is 0.0303 e. The molecule has 0 amide bonds. The highest BCUT2D eigenvalue weighted by Crippen LogP contribution is 2.33. The Morgan fingerprint density at radius 1 is 1.33 bits per heavy atom. The Kier molecular flexibility index (Phi) is 4.41. The predicted octanol–water partition coefficient (Wildman–Crippen LogP) is 2.99. The van der Waals surface area contributed by atoms with Crippen molar-refractivity contribution in [3.8, 4) is 0 Å². The van der Waals surface area contributed by atoms with Crippen LogP contribution in [0.25, 0.3) is 0 Å². The third-order valence-corrected chi connectivity index (χ3v) is 4.45. The van der Waals surface area contributed by atoms with E-state index in [9.17, 15) is 0 Å². The SMILES string of the molecule is CCCC(C)(CN)N1CCC(c2ccccc2)C1. The maximum absolute atomic E-state index is 6.02. The molecular formula is C16H26N2. The number of benzene rings is 1. The highest BCUT2D eigenvalue weighted by molar-refractivity contribution is 5.21. The Balaban J connectivity index is 2.04. The molecule has 2 heteroatoms. The van der Waals surface area contributed by atoms with Crippen LogP contribution in [0.2, 0.25) is 0 Å². The van der Waals surface area contributed by atoms with Crippen LogP contribution in [0.4, 0.5) is 0 Å². The molecule has 1 aliphatic rings. The molecule has 0 saturated carbocycles. The second-order valence-corrected chi connectivity index (χ2v) is 5.79. The van der Waals surface area contributed by atoms with E-state index in [0.29, 0.717) is 5.92 Å². The van der Waals surface area contributed by atoms with Gasteiger partial charge in [-0.05, 0) is 37.8 Å². The first-order chi connectivity index (χ1) is 8.69. The molecule has 1 saturated heterocycles. The first-order valence-corrected chi connectivity index (χ1v) is 7.19. The van der Waals surface area contributed by atoms with Gasteiger partial charge in [0, 0.05) is 18.6 Å². The lowest BCUT2D eigenvalue weighted by Gasteiger charge is -2.38. The molecular weight excluding hydrogens is 220 g/mol. The number of hydrogen-bond acceptors (Lipinski definition) is 2. The molecule has 1 fully saturated rings. The number of nitrogens with zero attached hydrogens (tertiary/aromatic N) is 1. The fourth-order valence-electron chi connectivity index (χ4n) is 3.18. The second-order valence-electron chi connectivity index (χ2n) is 5.79. The van der Waals surface area contributed by atoms with Gasteiger partial charge in [-0.15, -0.1) is 0 Å². The highest BCUT2D eigenvalue weighted by atomic mass is 15.2. The lowest BCUT2D eigenvalue weighted by Crippen LogP contribution is -2.50. The fraction of sp³-hybridized carbons (Fsp3) is 0.625. The summed E-state index contributed by atoms with van der Waals surface area (Å²) >= 11 is 0. The zero-order chi connectivity index (χ0) is 13.0. The summed E-state index contributed by atoms with van der Waals surface area (Å²) in [6.45, 7) is 7.69. The van der Waals surface area contributed by atoms with E-state index in [0.717, 1.165) is 13.1 Å². The normalized spacial score (nSPS) is 24.1. The molecule has 2 unspecified atom stereocenters. The van der Waals surface area contributed by atoms with Crippen molar-refractivity contribution in [3.63, 3.8) is 0 Å². The molecule has 1 aromatic rings. The summed E-state index contributed by atoms with van der Waals surface area (Å²) in [6, 6.07) is 10.9. The Hall–Kier alpha value is -0.860. The van der Waals surface area contributed by atoms with E-state index in [2.05, 4.69) is 49.1 Å². The smallest absolute Gasteiger partial charge is 0.0303 e. The molecule has 2 nitrogen and oxygen atoms in total. The second kappa shape index (κ2) is 5.85. The van der Waals surface area contributed by atoms with Gasteiger partial charge in [0.1, 0.15) is 0 Å². The molecule has 0 aliphatic carbocycles. The van der Waals surface area contributed by atoms with Crippen molar-refractivity contribution in [2.75, 3.05) is 19.6 Å². The lowest BCUT2D eigenvalue weighted by atomic mass is 9.94. The molecule has 0 aromatic heterocycles. The Labute approximate surface area is 111 Å². The topological polar surface area (TPSA) is 29.3 Å². The summed E-state index contributed by atoms with van der Waals surface area (Å²) in [5.74, 6) is 0.689. The van der Waals surface area contributed by atoms with E-state index in [4.69, 9.17) is 5.73 Å². The lowest BCUT2D eigenvalue weighted by molar-refractivity contribution is 0.130. The number of hydrogen-bond donors (Lipinski definition) is 1. The summed E-state index contributed by atoms with van der Waals surface area (Å²) in [6.07, 6.45) is 3.68. The molecule has 18 heavy (non-hydrogen) atoms. The Bertz CT molecular complexity index is 363. The van der Waals surface area contributed by atoms with Crippen LogP contribution in [-0.4, -0.2) is 30.1 Å². The Morgan fingerprint density at radius 2 is 2.06 bits per heavy atom. The summed E-state index contributed by atoms with van der Waals surface area (Å²) in [5.41, 5.74) is 7.69. The molecule has 0 bridgehead atoms. The van der Waals surface area contributed by atoms with Crippen LogP contribution in [-0.2, 0) is 0 Å². The average molecular weight is 246 g/mol. The van der Waals surface area contributed by atoms with Crippen LogP contribution in [0.1, 0.15) is 44.6 Å². The molecule has 2 atom stereocenters. The predicted molar refractivity (Wildman–Crippen MR) is 77.7 cm³/mol. The molecule has 0 spiro atoms. The average Bonchev–Trinajstić information content (AvgIpc) is 2.90. The minimum atomic E-state index is 0.193. The van der Waals surface area contributed by atoms with Crippen LogP contribution >= 0.6 is 0 Å². The van der Waals surface area contributed by atoms with Crippen LogP contribution in [0.15, 0.2) is 30.3 Å². The molecule has 2 N–H and O–H groups in total. The minimum absolute atomic E-state index is 0.193. The summed E-state index contributed by atoms with van der Waals surface area (Å²) in [7, 11) is 0. The van der Waals surface area contributed by atoms with E-state index in [1.165, 1.54) is 31.4 Å². The molecule has 1 heterocycles. The maximum atomic E-state index is 6.02. The third kappa shape index (κ3) is 2.76. The van der Waals surface area contributed by atoms with Gasteiger partial charge in [-0.3, -0.25) is 4.90 Å².